The number of methoxy groups -OCH3 is 1. The fourth-order valence-electron chi connectivity index (χ4n) is 1.06. The molecule has 3 nitrogen and oxygen atoms in total. The lowest BCUT2D eigenvalue weighted by Crippen LogP contribution is -1.99. The minimum atomic E-state index is -0.280. The first-order valence-corrected chi connectivity index (χ1v) is 5.05. The van der Waals surface area contributed by atoms with E-state index in [-0.39, 0.29) is 5.97 Å². The molecule has 0 atom stereocenters. The maximum atomic E-state index is 11.2. The summed E-state index contributed by atoms with van der Waals surface area (Å²) < 4.78 is 4.64. The molecule has 0 spiro atoms. The molecule has 0 aliphatic heterocycles. The van der Waals surface area contributed by atoms with Crippen LogP contribution in [0.15, 0.2) is 0 Å². The molecule has 13 heavy (non-hydrogen) atoms. The molecule has 0 unspecified atom stereocenters. The molecule has 1 aromatic rings. The van der Waals surface area contributed by atoms with Crippen LogP contribution in [-0.4, -0.2) is 18.1 Å². The predicted molar refractivity (Wildman–Crippen MR) is 52.2 cm³/mol. The third-order valence-electron chi connectivity index (χ3n) is 1.68. The van der Waals surface area contributed by atoms with Crippen molar-refractivity contribution in [2.45, 2.75) is 26.7 Å². The van der Waals surface area contributed by atoms with Gasteiger partial charge in [-0.05, 0) is 19.8 Å². The van der Waals surface area contributed by atoms with Gasteiger partial charge in [-0.25, -0.2) is 9.78 Å². The number of carbonyl (C=O) groups excluding carboxylic acids is 1. The van der Waals surface area contributed by atoms with Crippen molar-refractivity contribution in [1.29, 1.82) is 0 Å². The number of aromatic nitrogens is 1. The summed E-state index contributed by atoms with van der Waals surface area (Å²) >= 11 is 1.43. The van der Waals surface area contributed by atoms with E-state index in [0.717, 1.165) is 23.5 Å². The van der Waals surface area contributed by atoms with Crippen molar-refractivity contribution in [3.63, 3.8) is 0 Å². The third-order valence-corrected chi connectivity index (χ3v) is 2.87. The van der Waals surface area contributed by atoms with Crippen LogP contribution in [0.5, 0.6) is 0 Å². The largest absolute Gasteiger partial charge is 0.465 e. The molecule has 0 aromatic carbocycles. The smallest absolute Gasteiger partial charge is 0.349 e. The van der Waals surface area contributed by atoms with Crippen molar-refractivity contribution in [2.75, 3.05) is 7.11 Å². The molecule has 0 fully saturated rings. The number of aryl methyl sites for hydroxylation is 2. The summed E-state index contributed by atoms with van der Waals surface area (Å²) in [6, 6.07) is 0. The van der Waals surface area contributed by atoms with Gasteiger partial charge in [-0.15, -0.1) is 11.3 Å². The van der Waals surface area contributed by atoms with Gasteiger partial charge in [-0.3, -0.25) is 0 Å². The quantitative estimate of drug-likeness (QED) is 0.700. The molecule has 0 aliphatic carbocycles. The van der Waals surface area contributed by atoms with Gasteiger partial charge < -0.3 is 4.74 Å². The lowest BCUT2D eigenvalue weighted by atomic mass is 10.3. The number of rotatable bonds is 3. The summed E-state index contributed by atoms with van der Waals surface area (Å²) in [5.74, 6) is -0.280. The summed E-state index contributed by atoms with van der Waals surface area (Å²) in [4.78, 5) is 16.1. The Bertz CT molecular complexity index is 307. The molecule has 0 saturated carbocycles. The van der Waals surface area contributed by atoms with Crippen LogP contribution in [0.2, 0.25) is 0 Å². The standard InChI is InChI=1S/C9H13NO2S/c1-4-5-7-10-6(2)8(13-7)9(11)12-3/h4-5H2,1-3H3. The van der Waals surface area contributed by atoms with Crippen molar-refractivity contribution in [2.24, 2.45) is 0 Å². The van der Waals surface area contributed by atoms with E-state index in [2.05, 4.69) is 16.6 Å². The van der Waals surface area contributed by atoms with Crippen molar-refractivity contribution < 1.29 is 9.53 Å². The summed E-state index contributed by atoms with van der Waals surface area (Å²) in [6.45, 7) is 3.93. The van der Waals surface area contributed by atoms with E-state index in [1.54, 1.807) is 0 Å². The average Bonchev–Trinajstić information content (AvgIpc) is 2.46. The molecule has 0 aliphatic rings. The van der Waals surface area contributed by atoms with Crippen LogP contribution in [0, 0.1) is 6.92 Å². The molecule has 0 amide bonds. The zero-order valence-electron chi connectivity index (χ0n) is 8.09. The van der Waals surface area contributed by atoms with Gasteiger partial charge in [0.2, 0.25) is 0 Å². The number of ether oxygens (including phenoxy) is 1. The Morgan fingerprint density at radius 2 is 2.31 bits per heavy atom. The van der Waals surface area contributed by atoms with Crippen molar-refractivity contribution >= 4 is 17.3 Å². The Kier molecular flexibility index (Phi) is 3.42. The second-order valence-corrected chi connectivity index (χ2v) is 3.85. The number of hydrogen-bond donors (Lipinski definition) is 0. The van der Waals surface area contributed by atoms with Gasteiger partial charge in [0.1, 0.15) is 4.88 Å². The van der Waals surface area contributed by atoms with E-state index in [1.165, 1.54) is 18.4 Å². The summed E-state index contributed by atoms with van der Waals surface area (Å²) in [6.07, 6.45) is 1.98. The second kappa shape index (κ2) is 4.37. The topological polar surface area (TPSA) is 39.2 Å². The van der Waals surface area contributed by atoms with Gasteiger partial charge in [0.05, 0.1) is 17.8 Å². The molecule has 72 valence electrons. The van der Waals surface area contributed by atoms with Gasteiger partial charge in [0.25, 0.3) is 0 Å². The normalized spacial score (nSPS) is 10.1. The highest BCUT2D eigenvalue weighted by molar-refractivity contribution is 7.13. The number of carbonyl (C=O) groups is 1. The Balaban J connectivity index is 2.89. The lowest BCUT2D eigenvalue weighted by Gasteiger charge is -1.93. The van der Waals surface area contributed by atoms with Crippen LogP contribution < -0.4 is 0 Å². The van der Waals surface area contributed by atoms with E-state index in [9.17, 15) is 4.79 Å². The monoisotopic (exact) mass is 199 g/mol. The van der Waals surface area contributed by atoms with E-state index < -0.39 is 0 Å². The molecule has 4 heteroatoms. The highest BCUT2D eigenvalue weighted by Crippen LogP contribution is 2.19. The second-order valence-electron chi connectivity index (χ2n) is 2.76. The molecule has 0 N–H and O–H groups in total. The van der Waals surface area contributed by atoms with Crippen molar-refractivity contribution in [1.82, 2.24) is 4.98 Å². The molecule has 1 aromatic heterocycles. The molecule has 1 heterocycles. The first-order chi connectivity index (χ1) is 6.19. The van der Waals surface area contributed by atoms with E-state index in [0.29, 0.717) is 4.88 Å². The van der Waals surface area contributed by atoms with E-state index in [1.807, 2.05) is 6.92 Å². The van der Waals surface area contributed by atoms with Crippen LogP contribution >= 0.6 is 11.3 Å². The van der Waals surface area contributed by atoms with Gasteiger partial charge in [-0.1, -0.05) is 6.92 Å². The van der Waals surface area contributed by atoms with Crippen molar-refractivity contribution in [3.8, 4) is 0 Å². The Hall–Kier alpha value is -0.900. The lowest BCUT2D eigenvalue weighted by molar-refractivity contribution is 0.0605. The number of thiazole rings is 1. The minimum Gasteiger partial charge on any atom is -0.465 e. The Labute approximate surface area is 81.8 Å². The highest BCUT2D eigenvalue weighted by atomic mass is 32.1. The molecule has 0 radical (unpaired) electrons. The molecular formula is C9H13NO2S. The zero-order valence-corrected chi connectivity index (χ0v) is 8.90. The van der Waals surface area contributed by atoms with Crippen LogP contribution in [0.1, 0.15) is 33.7 Å². The van der Waals surface area contributed by atoms with Crippen LogP contribution in [-0.2, 0) is 11.2 Å². The maximum absolute atomic E-state index is 11.2. The fraction of sp³-hybridized carbons (Fsp3) is 0.556. The highest BCUT2D eigenvalue weighted by Gasteiger charge is 2.14. The minimum absolute atomic E-state index is 0.280. The van der Waals surface area contributed by atoms with Gasteiger partial charge in [0, 0.05) is 0 Å². The summed E-state index contributed by atoms with van der Waals surface area (Å²) in [5, 5.41) is 1.01. The molecular weight excluding hydrogens is 186 g/mol. The number of esters is 1. The number of nitrogens with zero attached hydrogens (tertiary/aromatic N) is 1. The Morgan fingerprint density at radius 1 is 1.62 bits per heavy atom. The van der Waals surface area contributed by atoms with Crippen LogP contribution in [0.4, 0.5) is 0 Å². The summed E-state index contributed by atoms with van der Waals surface area (Å²) in [5.41, 5.74) is 0.778. The molecule has 0 bridgehead atoms. The SMILES string of the molecule is CCCc1nc(C)c(C(=O)OC)s1. The maximum Gasteiger partial charge on any atom is 0.349 e. The fourth-order valence-corrected chi connectivity index (χ4v) is 2.14. The van der Waals surface area contributed by atoms with Gasteiger partial charge in [0.15, 0.2) is 0 Å². The Morgan fingerprint density at radius 3 is 2.85 bits per heavy atom. The van der Waals surface area contributed by atoms with Crippen molar-refractivity contribution in [3.05, 3.63) is 15.6 Å². The molecule has 0 saturated heterocycles. The van der Waals surface area contributed by atoms with Crippen LogP contribution in [0.25, 0.3) is 0 Å². The van der Waals surface area contributed by atoms with E-state index in [4.69, 9.17) is 0 Å². The van der Waals surface area contributed by atoms with Gasteiger partial charge in [-0.2, -0.15) is 0 Å². The summed E-state index contributed by atoms with van der Waals surface area (Å²) in [7, 11) is 1.39. The van der Waals surface area contributed by atoms with E-state index >= 15 is 0 Å². The molecule has 1 rings (SSSR count). The first kappa shape index (κ1) is 10.2. The average molecular weight is 199 g/mol. The predicted octanol–water partition coefficient (Wildman–Crippen LogP) is 2.19. The number of hydrogen-bond acceptors (Lipinski definition) is 4. The van der Waals surface area contributed by atoms with Crippen LogP contribution in [0.3, 0.4) is 0 Å². The first-order valence-electron chi connectivity index (χ1n) is 4.23. The zero-order chi connectivity index (χ0) is 9.84. The van der Waals surface area contributed by atoms with Gasteiger partial charge >= 0.3 is 5.97 Å². The third kappa shape index (κ3) is 2.28.